The van der Waals surface area contributed by atoms with Gasteiger partial charge in [0.15, 0.2) is 0 Å². The van der Waals surface area contributed by atoms with Crippen LogP contribution in [0.1, 0.15) is 90.4 Å². The Morgan fingerprint density at radius 1 is 0.962 bits per heavy atom. The van der Waals surface area contributed by atoms with E-state index in [0.29, 0.717) is 6.42 Å². The van der Waals surface area contributed by atoms with Gasteiger partial charge >= 0.3 is 35.5 Å². The number of carbonyl (C=O) groups excluding carboxylic acids is 1. The van der Waals surface area contributed by atoms with Crippen molar-refractivity contribution in [1.82, 2.24) is 0 Å². The van der Waals surface area contributed by atoms with Gasteiger partial charge in [-0.3, -0.25) is 4.79 Å². The topological polar surface area (TPSA) is 83.5 Å². The molecular weight excluding hydrogens is 363 g/mol. The Morgan fingerprint density at radius 3 is 1.77 bits per heavy atom. The second kappa shape index (κ2) is 18.5. The zero-order valence-corrected chi connectivity index (χ0v) is 19.5. The van der Waals surface area contributed by atoms with E-state index in [2.05, 4.69) is 13.5 Å². The van der Waals surface area contributed by atoms with Crippen LogP contribution in [0, 0.1) is 0 Å². The molecule has 0 rings (SSSR count). The first-order valence-electron chi connectivity index (χ1n) is 9.65. The van der Waals surface area contributed by atoms with Crippen molar-refractivity contribution in [1.29, 1.82) is 0 Å². The van der Waals surface area contributed by atoms with Crippen molar-refractivity contribution in [3.63, 3.8) is 0 Å². The fourth-order valence-electron chi connectivity index (χ4n) is 2.78. The largest absolute Gasteiger partial charge is 1.00 e. The Balaban J connectivity index is 0. The molecule has 0 saturated carbocycles. The smallest absolute Gasteiger partial charge is 0.747 e. The minimum absolute atomic E-state index is 0. The molecule has 0 aromatic carbocycles. The van der Waals surface area contributed by atoms with Gasteiger partial charge in [-0.25, -0.2) is 8.42 Å². The molecule has 7 heteroatoms. The van der Waals surface area contributed by atoms with Crippen molar-refractivity contribution in [2.75, 3.05) is 6.61 Å². The summed E-state index contributed by atoms with van der Waals surface area (Å²) < 4.78 is 38.3. The summed E-state index contributed by atoms with van der Waals surface area (Å²) in [6.45, 7) is 5.53. The van der Waals surface area contributed by atoms with Crippen LogP contribution in [-0.4, -0.2) is 30.8 Å². The van der Waals surface area contributed by atoms with Gasteiger partial charge in [-0.2, -0.15) is 0 Å². The van der Waals surface area contributed by atoms with Gasteiger partial charge in [-0.1, -0.05) is 96.6 Å². The molecule has 0 aliphatic rings. The van der Waals surface area contributed by atoms with Crippen LogP contribution in [0.5, 0.6) is 0 Å². The van der Waals surface area contributed by atoms with E-state index in [1.54, 1.807) is 0 Å². The summed E-state index contributed by atoms with van der Waals surface area (Å²) >= 11 is 0. The number of carbonyl (C=O) groups is 1. The first-order valence-corrected chi connectivity index (χ1v) is 11.1. The fraction of sp³-hybridized carbons (Fsp3) is 0.842. The van der Waals surface area contributed by atoms with Crippen molar-refractivity contribution in [2.45, 2.75) is 95.6 Å². The van der Waals surface area contributed by atoms with Gasteiger partial charge in [0, 0.05) is 0 Å². The van der Waals surface area contributed by atoms with Crippen molar-refractivity contribution in [2.24, 2.45) is 0 Å². The summed E-state index contributed by atoms with van der Waals surface area (Å²) in [6, 6.07) is 0. The van der Waals surface area contributed by atoms with E-state index in [1.165, 1.54) is 57.4 Å². The Labute approximate surface area is 182 Å². The first-order chi connectivity index (χ1) is 11.9. The number of rotatable bonds is 17. The van der Waals surface area contributed by atoms with Crippen LogP contribution in [0.3, 0.4) is 0 Å². The van der Waals surface area contributed by atoms with E-state index >= 15 is 0 Å². The summed E-state index contributed by atoms with van der Waals surface area (Å²) in [5.41, 5.74) is 0. The van der Waals surface area contributed by atoms with Crippen molar-refractivity contribution >= 4 is 16.1 Å². The van der Waals surface area contributed by atoms with Gasteiger partial charge in [0.1, 0.15) is 22.0 Å². The van der Waals surface area contributed by atoms with Gasteiger partial charge in [0.05, 0.1) is 0 Å². The van der Waals surface area contributed by atoms with Crippen molar-refractivity contribution in [3.05, 3.63) is 12.7 Å². The molecule has 0 spiro atoms. The first kappa shape index (κ1) is 28.3. The van der Waals surface area contributed by atoms with Gasteiger partial charge in [0.25, 0.3) is 0 Å². The van der Waals surface area contributed by atoms with E-state index in [9.17, 15) is 17.8 Å². The quantitative estimate of drug-likeness (QED) is 0.122. The Morgan fingerprint density at radius 2 is 1.38 bits per heavy atom. The SMILES string of the molecule is C=CCOC(=O)C(CCCCCCCCCCCCCC)S(=O)(=O)[O-].[Na+]. The summed E-state index contributed by atoms with van der Waals surface area (Å²) in [5.74, 6) is -0.960. The van der Waals surface area contributed by atoms with E-state index in [4.69, 9.17) is 4.74 Å². The van der Waals surface area contributed by atoms with E-state index in [0.717, 1.165) is 19.3 Å². The molecule has 0 aliphatic carbocycles. The maximum Gasteiger partial charge on any atom is 1.00 e. The summed E-state index contributed by atoms with van der Waals surface area (Å²) in [4.78, 5) is 11.6. The minimum atomic E-state index is -4.67. The zero-order valence-electron chi connectivity index (χ0n) is 16.7. The van der Waals surface area contributed by atoms with Crippen LogP contribution in [0.2, 0.25) is 0 Å². The van der Waals surface area contributed by atoms with Gasteiger partial charge in [-0.15, -0.1) is 0 Å². The number of ether oxygens (including phenoxy) is 1. The summed E-state index contributed by atoms with van der Waals surface area (Å²) in [7, 11) is -4.67. The standard InChI is InChI=1S/C19H36O5S.Na/c1-3-5-6-7-8-9-10-11-12-13-14-15-16-18(25(21,22)23)19(20)24-17-4-2;/h4,18H,2-3,5-17H2,1H3,(H,21,22,23);/q;+1/p-1. The molecule has 0 aromatic heterocycles. The van der Waals surface area contributed by atoms with Gasteiger partial charge in [0.2, 0.25) is 0 Å². The van der Waals surface area contributed by atoms with E-state index < -0.39 is 21.3 Å². The second-order valence-corrected chi connectivity index (χ2v) is 8.13. The minimum Gasteiger partial charge on any atom is -0.747 e. The molecule has 0 radical (unpaired) electrons. The molecule has 0 aromatic rings. The van der Waals surface area contributed by atoms with Crippen molar-refractivity contribution in [3.8, 4) is 0 Å². The molecule has 0 aliphatic heterocycles. The van der Waals surface area contributed by atoms with E-state index in [1.807, 2.05) is 0 Å². The van der Waals surface area contributed by atoms with Crippen LogP contribution >= 0.6 is 0 Å². The van der Waals surface area contributed by atoms with Crippen LogP contribution in [0.25, 0.3) is 0 Å². The second-order valence-electron chi connectivity index (χ2n) is 6.58. The van der Waals surface area contributed by atoms with Crippen molar-refractivity contribution < 1.29 is 52.1 Å². The van der Waals surface area contributed by atoms with Crippen LogP contribution in [0.4, 0.5) is 0 Å². The Hall–Kier alpha value is 0.120. The number of hydrogen-bond acceptors (Lipinski definition) is 5. The van der Waals surface area contributed by atoms with Gasteiger partial charge in [-0.05, 0) is 6.42 Å². The summed E-state index contributed by atoms with van der Waals surface area (Å²) in [5, 5.41) is -1.59. The van der Waals surface area contributed by atoms with Crippen LogP contribution < -0.4 is 29.6 Å². The molecule has 1 atom stereocenters. The molecule has 26 heavy (non-hydrogen) atoms. The number of hydrogen-bond donors (Lipinski definition) is 0. The molecule has 148 valence electrons. The van der Waals surface area contributed by atoms with E-state index in [-0.39, 0.29) is 42.6 Å². The van der Waals surface area contributed by atoms with Crippen LogP contribution in [-0.2, 0) is 19.6 Å². The Bertz CT molecular complexity index is 451. The molecule has 0 N–H and O–H groups in total. The fourth-order valence-corrected chi connectivity index (χ4v) is 3.54. The molecule has 0 heterocycles. The Kier molecular flexibility index (Phi) is 20.1. The number of unbranched alkanes of at least 4 members (excludes halogenated alkanes) is 11. The number of esters is 1. The molecule has 0 fully saturated rings. The third-order valence-corrected chi connectivity index (χ3v) is 5.40. The predicted molar refractivity (Wildman–Crippen MR) is 100 cm³/mol. The molecule has 5 nitrogen and oxygen atoms in total. The third kappa shape index (κ3) is 16.3. The van der Waals surface area contributed by atoms with Crippen LogP contribution in [0.15, 0.2) is 12.7 Å². The molecule has 1 unspecified atom stereocenters. The van der Waals surface area contributed by atoms with Gasteiger partial charge < -0.3 is 9.29 Å². The average molecular weight is 399 g/mol. The third-order valence-electron chi connectivity index (χ3n) is 4.27. The normalized spacial score (nSPS) is 12.2. The zero-order chi connectivity index (χ0) is 19.0. The maximum absolute atomic E-state index is 11.6. The molecule has 0 amide bonds. The molecule has 0 saturated heterocycles. The summed E-state index contributed by atoms with van der Waals surface area (Å²) in [6.07, 6.45) is 15.2. The maximum atomic E-state index is 11.6. The monoisotopic (exact) mass is 398 g/mol. The predicted octanol–water partition coefficient (Wildman–Crippen LogP) is 1.72. The molecule has 0 bridgehead atoms. The average Bonchev–Trinajstić information content (AvgIpc) is 2.55. The molecular formula is C19H35NaO5S.